The monoisotopic (exact) mass is 279 g/mol. The van der Waals surface area contributed by atoms with Gasteiger partial charge < -0.3 is 15.1 Å². The average Bonchev–Trinajstić information content (AvgIpc) is 3.08. The number of carbonyl (C=O) groups excluding carboxylic acids is 1. The summed E-state index contributed by atoms with van der Waals surface area (Å²) in [7, 11) is 0. The van der Waals surface area contributed by atoms with Crippen LogP contribution in [0.5, 0.6) is 0 Å². The molecule has 106 valence electrons. The van der Waals surface area contributed by atoms with E-state index in [1.165, 1.54) is 23.1 Å². The first-order chi connectivity index (χ1) is 9.50. The van der Waals surface area contributed by atoms with E-state index < -0.39 is 29.8 Å². The van der Waals surface area contributed by atoms with Crippen molar-refractivity contribution >= 4 is 11.9 Å². The number of carbonyl (C=O) groups is 2. The number of rotatable bonds is 3. The SMILES string of the molecule is O=C(O)[C@@H]1C[C@@H]2C[C@@H]2N1C(=O)C(O)c1ccccc1F. The Labute approximate surface area is 114 Å². The van der Waals surface area contributed by atoms with Crippen LogP contribution >= 0.6 is 0 Å². The Morgan fingerprint density at radius 2 is 2.00 bits per heavy atom. The van der Waals surface area contributed by atoms with Crippen LogP contribution in [-0.2, 0) is 9.59 Å². The van der Waals surface area contributed by atoms with Gasteiger partial charge in [0.15, 0.2) is 6.10 Å². The number of nitrogens with zero attached hydrogens (tertiary/aromatic N) is 1. The summed E-state index contributed by atoms with van der Waals surface area (Å²) >= 11 is 0. The summed E-state index contributed by atoms with van der Waals surface area (Å²) in [5, 5.41) is 19.2. The van der Waals surface area contributed by atoms with E-state index in [0.29, 0.717) is 6.42 Å². The highest BCUT2D eigenvalue weighted by Crippen LogP contribution is 2.48. The van der Waals surface area contributed by atoms with E-state index in [1.54, 1.807) is 0 Å². The van der Waals surface area contributed by atoms with Gasteiger partial charge in [-0.15, -0.1) is 0 Å². The highest BCUT2D eigenvalue weighted by molar-refractivity contribution is 5.88. The summed E-state index contributed by atoms with van der Waals surface area (Å²) in [6, 6.07) is 4.44. The van der Waals surface area contributed by atoms with Crippen molar-refractivity contribution in [2.45, 2.75) is 31.0 Å². The fourth-order valence-electron chi connectivity index (χ4n) is 2.96. The number of carboxylic acids is 1. The van der Waals surface area contributed by atoms with Crippen molar-refractivity contribution in [3.63, 3.8) is 0 Å². The topological polar surface area (TPSA) is 77.8 Å². The Kier molecular flexibility index (Phi) is 2.97. The molecule has 1 heterocycles. The van der Waals surface area contributed by atoms with Crippen LogP contribution in [0.4, 0.5) is 4.39 Å². The minimum atomic E-state index is -1.66. The molecule has 4 atom stereocenters. The molecule has 1 saturated carbocycles. The van der Waals surface area contributed by atoms with Gasteiger partial charge in [0.05, 0.1) is 0 Å². The normalized spacial score (nSPS) is 28.9. The number of piperidine rings is 1. The molecule has 0 spiro atoms. The summed E-state index contributed by atoms with van der Waals surface area (Å²) in [6.07, 6.45) is -0.479. The van der Waals surface area contributed by atoms with Crippen molar-refractivity contribution in [2.75, 3.05) is 0 Å². The zero-order valence-electron chi connectivity index (χ0n) is 10.6. The summed E-state index contributed by atoms with van der Waals surface area (Å²) in [6.45, 7) is 0. The smallest absolute Gasteiger partial charge is 0.326 e. The number of aliphatic hydroxyl groups excluding tert-OH is 1. The Hall–Kier alpha value is -1.95. The Balaban J connectivity index is 1.85. The number of aliphatic carboxylic acids is 1. The third-order valence-electron chi connectivity index (χ3n) is 4.08. The minimum absolute atomic E-state index is 0.120. The molecule has 0 bridgehead atoms. The molecule has 0 aromatic heterocycles. The molecular formula is C14H14FNO4. The van der Waals surface area contributed by atoms with Crippen LogP contribution in [0.25, 0.3) is 0 Å². The lowest BCUT2D eigenvalue weighted by atomic mass is 10.1. The molecule has 6 heteroatoms. The number of benzene rings is 1. The molecule has 2 N–H and O–H groups in total. The van der Waals surface area contributed by atoms with Crippen LogP contribution in [0.15, 0.2) is 24.3 Å². The van der Waals surface area contributed by atoms with Gasteiger partial charge in [-0.3, -0.25) is 4.79 Å². The van der Waals surface area contributed by atoms with Crippen LogP contribution < -0.4 is 0 Å². The van der Waals surface area contributed by atoms with Gasteiger partial charge in [0.1, 0.15) is 11.9 Å². The van der Waals surface area contributed by atoms with Gasteiger partial charge in [-0.2, -0.15) is 0 Å². The first-order valence-electron chi connectivity index (χ1n) is 6.48. The molecule has 2 aliphatic rings. The maximum absolute atomic E-state index is 13.6. The second-order valence-corrected chi connectivity index (χ2v) is 5.32. The minimum Gasteiger partial charge on any atom is -0.480 e. The number of hydrogen-bond acceptors (Lipinski definition) is 3. The van der Waals surface area contributed by atoms with E-state index in [1.807, 2.05) is 0 Å². The van der Waals surface area contributed by atoms with Crippen LogP contribution in [-0.4, -0.2) is 39.1 Å². The van der Waals surface area contributed by atoms with Gasteiger partial charge >= 0.3 is 5.97 Å². The maximum Gasteiger partial charge on any atom is 0.326 e. The molecule has 2 fully saturated rings. The molecule has 1 unspecified atom stereocenters. The fraction of sp³-hybridized carbons (Fsp3) is 0.429. The standard InChI is InChI=1S/C14H14FNO4/c15-9-4-2-1-3-8(9)12(17)13(18)16-10-5-7(10)6-11(16)14(19)20/h1-4,7,10-12,17H,5-6H2,(H,19,20)/t7-,10-,11-,12?/m0/s1. The second kappa shape index (κ2) is 4.56. The fourth-order valence-corrected chi connectivity index (χ4v) is 2.96. The number of fused-ring (bicyclic) bond motifs is 1. The van der Waals surface area contributed by atoms with Gasteiger partial charge in [0.25, 0.3) is 5.91 Å². The Bertz CT molecular complexity index is 576. The van der Waals surface area contributed by atoms with Gasteiger partial charge in [-0.05, 0) is 24.8 Å². The Morgan fingerprint density at radius 1 is 1.30 bits per heavy atom. The number of halogens is 1. The van der Waals surface area contributed by atoms with Crippen molar-refractivity contribution in [3.05, 3.63) is 35.6 Å². The third-order valence-corrected chi connectivity index (χ3v) is 4.08. The molecule has 0 radical (unpaired) electrons. The molecular weight excluding hydrogens is 265 g/mol. The molecule has 20 heavy (non-hydrogen) atoms. The summed E-state index contributed by atoms with van der Waals surface area (Å²) in [5.41, 5.74) is -0.120. The van der Waals surface area contributed by atoms with Crippen molar-refractivity contribution < 1.29 is 24.2 Å². The van der Waals surface area contributed by atoms with E-state index in [4.69, 9.17) is 5.11 Å². The highest BCUT2D eigenvalue weighted by Gasteiger charge is 2.57. The van der Waals surface area contributed by atoms with Gasteiger partial charge in [-0.25, -0.2) is 9.18 Å². The van der Waals surface area contributed by atoms with Crippen molar-refractivity contribution in [3.8, 4) is 0 Å². The third kappa shape index (κ3) is 1.96. The maximum atomic E-state index is 13.6. The van der Waals surface area contributed by atoms with E-state index in [9.17, 15) is 19.1 Å². The number of amides is 1. The second-order valence-electron chi connectivity index (χ2n) is 5.32. The van der Waals surface area contributed by atoms with Crippen LogP contribution in [0.1, 0.15) is 24.5 Å². The average molecular weight is 279 g/mol. The number of likely N-dealkylation sites (tertiary alicyclic amines) is 1. The predicted octanol–water partition coefficient (Wildman–Crippen LogP) is 0.933. The number of aliphatic hydroxyl groups is 1. The van der Waals surface area contributed by atoms with Crippen molar-refractivity contribution in [1.29, 1.82) is 0 Å². The van der Waals surface area contributed by atoms with E-state index in [2.05, 4.69) is 0 Å². The van der Waals surface area contributed by atoms with Crippen LogP contribution in [0.2, 0.25) is 0 Å². The summed E-state index contributed by atoms with van der Waals surface area (Å²) in [5.74, 6) is -2.28. The summed E-state index contributed by atoms with van der Waals surface area (Å²) < 4.78 is 13.6. The molecule has 5 nitrogen and oxygen atoms in total. The molecule has 1 aromatic carbocycles. The van der Waals surface area contributed by atoms with Gasteiger partial charge in [0, 0.05) is 11.6 Å². The highest BCUT2D eigenvalue weighted by atomic mass is 19.1. The lowest BCUT2D eigenvalue weighted by Crippen LogP contribution is -2.45. The van der Waals surface area contributed by atoms with Crippen molar-refractivity contribution in [1.82, 2.24) is 4.90 Å². The van der Waals surface area contributed by atoms with Gasteiger partial charge in [-0.1, -0.05) is 18.2 Å². The first-order valence-corrected chi connectivity index (χ1v) is 6.48. The van der Waals surface area contributed by atoms with E-state index in [0.717, 1.165) is 12.5 Å². The number of hydrogen-bond donors (Lipinski definition) is 2. The lowest BCUT2D eigenvalue weighted by Gasteiger charge is -2.27. The lowest BCUT2D eigenvalue weighted by molar-refractivity contribution is -0.153. The molecule has 1 amide bonds. The van der Waals surface area contributed by atoms with E-state index >= 15 is 0 Å². The molecule has 1 aliphatic carbocycles. The molecule has 1 saturated heterocycles. The Morgan fingerprint density at radius 3 is 2.65 bits per heavy atom. The first kappa shape index (κ1) is 13.1. The van der Waals surface area contributed by atoms with Crippen LogP contribution in [0, 0.1) is 11.7 Å². The predicted molar refractivity (Wildman–Crippen MR) is 66.1 cm³/mol. The quantitative estimate of drug-likeness (QED) is 0.863. The molecule has 1 aliphatic heterocycles. The summed E-state index contributed by atoms with van der Waals surface area (Å²) in [4.78, 5) is 24.7. The van der Waals surface area contributed by atoms with E-state index in [-0.39, 0.29) is 17.5 Å². The zero-order valence-corrected chi connectivity index (χ0v) is 10.6. The van der Waals surface area contributed by atoms with Gasteiger partial charge in [0.2, 0.25) is 0 Å². The van der Waals surface area contributed by atoms with Crippen LogP contribution in [0.3, 0.4) is 0 Å². The number of carboxylic acid groups (broad SMARTS) is 1. The zero-order chi connectivity index (χ0) is 14.4. The molecule has 1 aromatic rings. The largest absolute Gasteiger partial charge is 0.480 e. The molecule has 3 rings (SSSR count). The van der Waals surface area contributed by atoms with Crippen molar-refractivity contribution in [2.24, 2.45) is 5.92 Å².